The molecule has 0 fully saturated rings. The number of carbonyl (C=O) groups excluding carboxylic acids is 1. The molecule has 166 valence electrons. The van der Waals surface area contributed by atoms with E-state index in [9.17, 15) is 9.59 Å². The van der Waals surface area contributed by atoms with E-state index in [0.29, 0.717) is 29.1 Å². The van der Waals surface area contributed by atoms with Crippen molar-refractivity contribution in [3.63, 3.8) is 0 Å². The maximum Gasteiger partial charge on any atom is 0.407 e. The molecular formula is C27H22ClNO4. The molecule has 0 unspecified atom stereocenters. The number of ether oxygens (including phenoxy) is 1. The summed E-state index contributed by atoms with van der Waals surface area (Å²) < 4.78 is 5.50. The molecule has 0 radical (unpaired) electrons. The molecule has 0 saturated carbocycles. The highest BCUT2D eigenvalue weighted by Gasteiger charge is 2.28. The van der Waals surface area contributed by atoms with Crippen molar-refractivity contribution in [2.75, 3.05) is 13.2 Å². The zero-order chi connectivity index (χ0) is 23.2. The number of carboxylic acid groups (broad SMARTS) is 1. The second-order valence-electron chi connectivity index (χ2n) is 7.68. The van der Waals surface area contributed by atoms with Crippen molar-refractivity contribution < 1.29 is 19.4 Å². The van der Waals surface area contributed by atoms with Crippen LogP contribution in [0.25, 0.3) is 11.1 Å². The van der Waals surface area contributed by atoms with Crippen molar-refractivity contribution in [2.45, 2.75) is 18.8 Å². The highest BCUT2D eigenvalue weighted by atomic mass is 35.5. The molecule has 2 N–H and O–H groups in total. The van der Waals surface area contributed by atoms with Crippen molar-refractivity contribution in [2.24, 2.45) is 0 Å². The van der Waals surface area contributed by atoms with Crippen molar-refractivity contribution in [1.29, 1.82) is 0 Å². The van der Waals surface area contributed by atoms with Crippen LogP contribution in [0.5, 0.6) is 0 Å². The van der Waals surface area contributed by atoms with Gasteiger partial charge in [-0.25, -0.2) is 4.79 Å². The minimum Gasteiger partial charge on any atom is -0.481 e. The Morgan fingerprint density at radius 3 is 2.30 bits per heavy atom. The summed E-state index contributed by atoms with van der Waals surface area (Å²) in [7, 11) is 0. The standard InChI is InChI=1S/C27H22ClNO4/c28-25-15-18(12-13-19(25)16-26(30)31)7-5-6-14-29-27(32)33-17-24-22-10-3-1-8-20(22)21-9-2-4-11-23(21)24/h1-4,8-13,15,24H,6,14,16-17H2,(H,29,32)(H,30,31). The Balaban J connectivity index is 1.26. The average molecular weight is 460 g/mol. The highest BCUT2D eigenvalue weighted by molar-refractivity contribution is 6.31. The first kappa shape index (κ1) is 22.4. The summed E-state index contributed by atoms with van der Waals surface area (Å²) in [6, 6.07) is 21.4. The normalized spacial score (nSPS) is 11.7. The highest BCUT2D eigenvalue weighted by Crippen LogP contribution is 2.44. The topological polar surface area (TPSA) is 75.6 Å². The van der Waals surface area contributed by atoms with E-state index in [1.807, 2.05) is 24.3 Å². The third kappa shape index (κ3) is 5.36. The molecule has 0 atom stereocenters. The molecule has 4 rings (SSSR count). The Kier molecular flexibility index (Phi) is 6.97. The summed E-state index contributed by atoms with van der Waals surface area (Å²) in [4.78, 5) is 23.0. The smallest absolute Gasteiger partial charge is 0.407 e. The fourth-order valence-electron chi connectivity index (χ4n) is 3.97. The summed E-state index contributed by atoms with van der Waals surface area (Å²) >= 11 is 6.10. The van der Waals surface area contributed by atoms with Crippen LogP contribution in [0.15, 0.2) is 66.7 Å². The van der Waals surface area contributed by atoms with Crippen LogP contribution in [-0.2, 0) is 16.0 Å². The van der Waals surface area contributed by atoms with Gasteiger partial charge in [0.1, 0.15) is 6.61 Å². The van der Waals surface area contributed by atoms with E-state index >= 15 is 0 Å². The van der Waals surface area contributed by atoms with Gasteiger partial charge >= 0.3 is 12.1 Å². The third-order valence-electron chi connectivity index (χ3n) is 5.49. The summed E-state index contributed by atoms with van der Waals surface area (Å²) in [5.41, 5.74) is 5.96. The van der Waals surface area contributed by atoms with E-state index in [1.54, 1.807) is 18.2 Å². The van der Waals surface area contributed by atoms with Gasteiger partial charge in [-0.2, -0.15) is 0 Å². The predicted molar refractivity (Wildman–Crippen MR) is 127 cm³/mol. The number of rotatable bonds is 6. The van der Waals surface area contributed by atoms with E-state index in [-0.39, 0.29) is 18.9 Å². The van der Waals surface area contributed by atoms with Crippen molar-refractivity contribution in [1.82, 2.24) is 5.32 Å². The Hall–Kier alpha value is -3.75. The second-order valence-corrected chi connectivity index (χ2v) is 8.09. The zero-order valence-electron chi connectivity index (χ0n) is 17.8. The number of fused-ring (bicyclic) bond motifs is 3. The first-order valence-corrected chi connectivity index (χ1v) is 11.0. The number of carboxylic acids is 1. The molecule has 6 heteroatoms. The van der Waals surface area contributed by atoms with Crippen LogP contribution >= 0.6 is 11.6 Å². The largest absolute Gasteiger partial charge is 0.481 e. The van der Waals surface area contributed by atoms with Gasteiger partial charge in [-0.3, -0.25) is 4.79 Å². The van der Waals surface area contributed by atoms with Gasteiger partial charge in [0.15, 0.2) is 0 Å². The molecular weight excluding hydrogens is 438 g/mol. The van der Waals surface area contributed by atoms with Crippen molar-refractivity contribution in [3.8, 4) is 23.0 Å². The summed E-state index contributed by atoms with van der Waals surface area (Å²) in [6.45, 7) is 0.626. The number of carbonyl (C=O) groups is 2. The summed E-state index contributed by atoms with van der Waals surface area (Å²) in [6.07, 6.45) is -0.158. The van der Waals surface area contributed by atoms with E-state index in [0.717, 1.165) is 0 Å². The van der Waals surface area contributed by atoms with Gasteiger partial charge in [0.25, 0.3) is 0 Å². The molecule has 5 nitrogen and oxygen atoms in total. The molecule has 0 saturated heterocycles. The van der Waals surface area contributed by atoms with Crippen LogP contribution in [0.1, 0.15) is 34.6 Å². The SMILES string of the molecule is O=C(O)Cc1ccc(C#CCCNC(=O)OCC2c3ccccc3-c3ccccc32)cc1Cl. The summed E-state index contributed by atoms with van der Waals surface area (Å²) in [5.74, 6) is 5.03. The molecule has 1 amide bonds. The molecule has 33 heavy (non-hydrogen) atoms. The van der Waals surface area contributed by atoms with Crippen LogP contribution in [0.3, 0.4) is 0 Å². The zero-order valence-corrected chi connectivity index (χ0v) is 18.6. The third-order valence-corrected chi connectivity index (χ3v) is 5.84. The predicted octanol–water partition coefficient (Wildman–Crippen LogP) is 5.25. The molecule has 0 aromatic heterocycles. The number of benzene rings is 3. The van der Waals surface area contributed by atoms with Gasteiger partial charge in [-0.15, -0.1) is 0 Å². The van der Waals surface area contributed by atoms with Gasteiger partial charge in [-0.1, -0.05) is 78.0 Å². The Morgan fingerprint density at radius 2 is 1.67 bits per heavy atom. The number of amides is 1. The lowest BCUT2D eigenvalue weighted by atomic mass is 9.98. The first-order chi connectivity index (χ1) is 16.0. The fraction of sp³-hybridized carbons (Fsp3) is 0.185. The molecule has 0 heterocycles. The molecule has 0 bridgehead atoms. The number of hydrogen-bond donors (Lipinski definition) is 2. The molecule has 1 aliphatic carbocycles. The lowest BCUT2D eigenvalue weighted by Crippen LogP contribution is -2.26. The van der Waals surface area contributed by atoms with Crippen LogP contribution in [-0.4, -0.2) is 30.3 Å². The van der Waals surface area contributed by atoms with Crippen LogP contribution < -0.4 is 5.32 Å². The lowest BCUT2D eigenvalue weighted by molar-refractivity contribution is -0.136. The van der Waals surface area contributed by atoms with Gasteiger partial charge in [0, 0.05) is 29.5 Å². The van der Waals surface area contributed by atoms with Crippen LogP contribution in [0.4, 0.5) is 4.79 Å². The van der Waals surface area contributed by atoms with Crippen molar-refractivity contribution in [3.05, 3.63) is 94.0 Å². The van der Waals surface area contributed by atoms with E-state index in [2.05, 4.69) is 41.4 Å². The number of alkyl carbamates (subject to hydrolysis) is 1. The molecule has 0 spiro atoms. The monoisotopic (exact) mass is 459 g/mol. The van der Waals surface area contributed by atoms with Crippen LogP contribution in [0, 0.1) is 11.8 Å². The van der Waals surface area contributed by atoms with Crippen LogP contribution in [0.2, 0.25) is 5.02 Å². The van der Waals surface area contributed by atoms with E-state index < -0.39 is 12.1 Å². The van der Waals surface area contributed by atoms with E-state index in [1.165, 1.54) is 22.3 Å². The maximum atomic E-state index is 12.2. The minimum atomic E-state index is -0.935. The Bertz CT molecular complexity index is 1210. The first-order valence-electron chi connectivity index (χ1n) is 10.6. The minimum absolute atomic E-state index is 0.0248. The molecule has 3 aromatic rings. The van der Waals surface area contributed by atoms with Gasteiger partial charge in [-0.05, 0) is 39.9 Å². The van der Waals surface area contributed by atoms with Gasteiger partial charge < -0.3 is 15.2 Å². The molecule has 1 aliphatic rings. The lowest BCUT2D eigenvalue weighted by Gasteiger charge is -2.14. The second kappa shape index (κ2) is 10.2. The maximum absolute atomic E-state index is 12.2. The number of hydrogen-bond acceptors (Lipinski definition) is 3. The molecule has 3 aromatic carbocycles. The van der Waals surface area contributed by atoms with Gasteiger partial charge in [0.05, 0.1) is 6.42 Å². The average Bonchev–Trinajstić information content (AvgIpc) is 3.13. The fourth-order valence-corrected chi connectivity index (χ4v) is 4.22. The molecule has 0 aliphatic heterocycles. The Labute approximate surface area is 197 Å². The number of nitrogens with one attached hydrogen (secondary N) is 1. The van der Waals surface area contributed by atoms with E-state index in [4.69, 9.17) is 21.4 Å². The quantitative estimate of drug-likeness (QED) is 0.390. The van der Waals surface area contributed by atoms with Crippen molar-refractivity contribution >= 4 is 23.7 Å². The van der Waals surface area contributed by atoms with Gasteiger partial charge in [0.2, 0.25) is 0 Å². The number of halogens is 1. The summed E-state index contributed by atoms with van der Waals surface area (Å²) in [5, 5.41) is 12.0. The number of aliphatic carboxylic acids is 1. The Morgan fingerprint density at radius 1 is 1.00 bits per heavy atom.